The van der Waals surface area contributed by atoms with Gasteiger partial charge in [0.05, 0.1) is 31.5 Å². The second kappa shape index (κ2) is 9.44. The van der Waals surface area contributed by atoms with Gasteiger partial charge in [0.2, 0.25) is 0 Å². The molecular formula is C20H21BN2O7. The second-order valence-corrected chi connectivity index (χ2v) is 6.46. The van der Waals surface area contributed by atoms with E-state index >= 15 is 0 Å². The normalized spacial score (nSPS) is 13.5. The van der Waals surface area contributed by atoms with Gasteiger partial charge in [-0.25, -0.2) is 4.79 Å². The number of esters is 1. The van der Waals surface area contributed by atoms with Crippen LogP contribution in [0.3, 0.4) is 0 Å². The Hall–Kier alpha value is -3.34. The Morgan fingerprint density at radius 3 is 2.50 bits per heavy atom. The van der Waals surface area contributed by atoms with Crippen molar-refractivity contribution >= 4 is 30.1 Å². The number of carbonyl (C=O) groups is 2. The first-order chi connectivity index (χ1) is 14.4. The molecule has 0 atom stereocenters. The summed E-state index contributed by atoms with van der Waals surface area (Å²) in [7, 11) is -0.345. The maximum absolute atomic E-state index is 12.7. The lowest BCUT2D eigenvalue weighted by molar-refractivity contribution is -0.136. The van der Waals surface area contributed by atoms with Crippen molar-refractivity contribution in [2.45, 2.75) is 0 Å². The van der Waals surface area contributed by atoms with Crippen LogP contribution in [0.15, 0.2) is 59.8 Å². The van der Waals surface area contributed by atoms with Crippen LogP contribution in [0, 0.1) is 0 Å². The third-order valence-corrected chi connectivity index (χ3v) is 4.51. The number of hydrogen-bond acceptors (Lipinski definition) is 8. The number of benzene rings is 2. The Morgan fingerprint density at radius 2 is 1.87 bits per heavy atom. The van der Waals surface area contributed by atoms with Gasteiger partial charge in [0.15, 0.2) is 5.75 Å². The fourth-order valence-electron chi connectivity index (χ4n) is 2.98. The van der Waals surface area contributed by atoms with E-state index in [1.54, 1.807) is 36.4 Å². The molecule has 2 aromatic rings. The predicted octanol–water partition coefficient (Wildman–Crippen LogP) is -0.168. The molecule has 0 radical (unpaired) electrons. The standard InChI is InChI=1S/C20H21BN2O7/c1-29-20(26)15-12-23(10-11-24)19(25)18(15)22-16-4-2-3-5-17(16)30-14-8-6-13(7-9-14)21(27)28/h2-9,22,24,27-28H,10-12H2,1H3. The maximum atomic E-state index is 12.7. The molecule has 0 saturated heterocycles. The molecule has 0 saturated carbocycles. The third kappa shape index (κ3) is 4.62. The lowest BCUT2D eigenvalue weighted by Crippen LogP contribution is -2.31. The summed E-state index contributed by atoms with van der Waals surface area (Å²) in [5, 5.41) is 30.5. The number of nitrogens with zero attached hydrogens (tertiary/aromatic N) is 1. The Labute approximate surface area is 173 Å². The minimum atomic E-state index is -1.58. The first-order valence-electron chi connectivity index (χ1n) is 9.16. The number of hydrogen-bond donors (Lipinski definition) is 4. The van der Waals surface area contributed by atoms with Crippen LogP contribution in [-0.4, -0.2) is 65.9 Å². The van der Waals surface area contributed by atoms with Crippen molar-refractivity contribution in [1.82, 2.24) is 4.90 Å². The van der Waals surface area contributed by atoms with Gasteiger partial charge >= 0.3 is 13.1 Å². The van der Waals surface area contributed by atoms with E-state index in [4.69, 9.17) is 14.6 Å². The van der Waals surface area contributed by atoms with Crippen molar-refractivity contribution < 1.29 is 34.2 Å². The van der Waals surface area contributed by atoms with Crippen LogP contribution in [0.2, 0.25) is 0 Å². The molecule has 1 aliphatic heterocycles. The predicted molar refractivity (Wildman–Crippen MR) is 109 cm³/mol. The van der Waals surface area contributed by atoms with Gasteiger partial charge in [-0.05, 0) is 29.7 Å². The van der Waals surface area contributed by atoms with Crippen LogP contribution < -0.4 is 15.5 Å². The highest BCUT2D eigenvalue weighted by atomic mass is 16.5. The van der Waals surface area contributed by atoms with Gasteiger partial charge < -0.3 is 34.8 Å². The van der Waals surface area contributed by atoms with Crippen molar-refractivity contribution in [2.24, 2.45) is 0 Å². The highest BCUT2D eigenvalue weighted by Crippen LogP contribution is 2.32. The zero-order valence-electron chi connectivity index (χ0n) is 16.2. The Balaban J connectivity index is 1.87. The second-order valence-electron chi connectivity index (χ2n) is 6.46. The molecule has 9 nitrogen and oxygen atoms in total. The first kappa shape index (κ1) is 21.4. The number of aliphatic hydroxyl groups excluding tert-OH is 1. The van der Waals surface area contributed by atoms with Crippen LogP contribution in [-0.2, 0) is 14.3 Å². The first-order valence-corrected chi connectivity index (χ1v) is 9.16. The average Bonchev–Trinajstić information content (AvgIpc) is 3.05. The molecule has 0 unspecified atom stereocenters. The van der Waals surface area contributed by atoms with Gasteiger partial charge in [0.1, 0.15) is 11.4 Å². The van der Waals surface area contributed by atoms with Gasteiger partial charge in [-0.1, -0.05) is 24.3 Å². The van der Waals surface area contributed by atoms with Gasteiger partial charge in [0.25, 0.3) is 5.91 Å². The van der Waals surface area contributed by atoms with Crippen molar-refractivity contribution in [3.63, 3.8) is 0 Å². The molecule has 0 fully saturated rings. The fraction of sp³-hybridized carbons (Fsp3) is 0.200. The number of aliphatic hydroxyl groups is 1. The summed E-state index contributed by atoms with van der Waals surface area (Å²) in [5.41, 5.74) is 0.985. The summed E-state index contributed by atoms with van der Waals surface area (Å²) in [4.78, 5) is 26.2. The van der Waals surface area contributed by atoms with Gasteiger partial charge in [-0.15, -0.1) is 0 Å². The smallest absolute Gasteiger partial charge is 0.466 e. The summed E-state index contributed by atoms with van der Waals surface area (Å²) in [6, 6.07) is 13.0. The number of rotatable bonds is 8. The molecule has 10 heteroatoms. The van der Waals surface area contributed by atoms with Gasteiger partial charge in [0, 0.05) is 6.54 Å². The molecule has 0 bridgehead atoms. The van der Waals surface area contributed by atoms with Crippen molar-refractivity contribution in [3.05, 3.63) is 59.8 Å². The lowest BCUT2D eigenvalue weighted by Gasteiger charge is -2.16. The Bertz CT molecular complexity index is 960. The number of nitrogens with one attached hydrogen (secondary N) is 1. The number of carbonyl (C=O) groups excluding carboxylic acids is 2. The highest BCUT2D eigenvalue weighted by molar-refractivity contribution is 6.58. The molecule has 1 amide bonds. The fourth-order valence-corrected chi connectivity index (χ4v) is 2.98. The molecule has 1 aliphatic rings. The molecule has 4 N–H and O–H groups in total. The van der Waals surface area contributed by atoms with E-state index in [1.807, 2.05) is 0 Å². The van der Waals surface area contributed by atoms with Crippen LogP contribution in [0.25, 0.3) is 0 Å². The van der Waals surface area contributed by atoms with Gasteiger partial charge in [-0.2, -0.15) is 0 Å². The number of anilines is 1. The van der Waals surface area contributed by atoms with Crippen LogP contribution in [0.4, 0.5) is 5.69 Å². The minimum Gasteiger partial charge on any atom is -0.466 e. The van der Waals surface area contributed by atoms with Crippen LogP contribution in [0.1, 0.15) is 0 Å². The monoisotopic (exact) mass is 412 g/mol. The molecule has 2 aromatic carbocycles. The molecule has 30 heavy (non-hydrogen) atoms. The average molecular weight is 412 g/mol. The highest BCUT2D eigenvalue weighted by Gasteiger charge is 2.34. The maximum Gasteiger partial charge on any atom is 0.488 e. The van der Waals surface area contributed by atoms with Crippen LogP contribution in [0.5, 0.6) is 11.5 Å². The van der Waals surface area contributed by atoms with Crippen molar-refractivity contribution in [2.75, 3.05) is 32.1 Å². The summed E-state index contributed by atoms with van der Waals surface area (Å²) in [5.74, 6) is -0.237. The SMILES string of the molecule is COC(=O)C1=C(Nc2ccccc2Oc2ccc(B(O)O)cc2)C(=O)N(CCO)C1. The van der Waals surface area contributed by atoms with E-state index in [2.05, 4.69) is 5.32 Å². The van der Waals surface area contributed by atoms with Crippen LogP contribution >= 0.6 is 0 Å². The summed E-state index contributed by atoms with van der Waals surface area (Å²) in [6.07, 6.45) is 0. The number of β-amino-alcohol motifs (C(OH)–C–C–N with tert-alkyl or cyclic N) is 1. The molecule has 0 spiro atoms. The quantitative estimate of drug-likeness (QED) is 0.348. The minimum absolute atomic E-state index is 0.0301. The molecule has 3 rings (SSSR count). The number of ether oxygens (including phenoxy) is 2. The van der Waals surface area contributed by atoms with E-state index < -0.39 is 19.0 Å². The zero-order chi connectivity index (χ0) is 21.7. The molecule has 0 aromatic heterocycles. The summed E-state index contributed by atoms with van der Waals surface area (Å²) in [6.45, 7) is -0.111. The third-order valence-electron chi connectivity index (χ3n) is 4.51. The van der Waals surface area contributed by atoms with E-state index in [0.29, 0.717) is 22.6 Å². The Morgan fingerprint density at radius 1 is 1.17 bits per heavy atom. The van der Waals surface area contributed by atoms with E-state index in [9.17, 15) is 19.6 Å². The van der Waals surface area contributed by atoms with E-state index in [-0.39, 0.29) is 31.0 Å². The summed E-state index contributed by atoms with van der Waals surface area (Å²) < 4.78 is 10.6. The van der Waals surface area contributed by atoms with Gasteiger partial charge in [-0.3, -0.25) is 4.79 Å². The number of amides is 1. The van der Waals surface area contributed by atoms with E-state index in [1.165, 1.54) is 24.1 Å². The largest absolute Gasteiger partial charge is 0.488 e. The van der Waals surface area contributed by atoms with Crippen molar-refractivity contribution in [1.29, 1.82) is 0 Å². The molecular weight excluding hydrogens is 391 g/mol. The summed E-state index contributed by atoms with van der Waals surface area (Å²) >= 11 is 0. The molecule has 0 aliphatic carbocycles. The topological polar surface area (TPSA) is 129 Å². The Kier molecular flexibility index (Phi) is 6.73. The molecule has 156 valence electrons. The van der Waals surface area contributed by atoms with E-state index in [0.717, 1.165) is 0 Å². The number of methoxy groups -OCH3 is 1. The van der Waals surface area contributed by atoms with Crippen molar-refractivity contribution in [3.8, 4) is 11.5 Å². The zero-order valence-corrected chi connectivity index (χ0v) is 16.2. The number of para-hydroxylation sites is 2. The lowest BCUT2D eigenvalue weighted by atomic mass is 9.80. The molecule has 1 heterocycles.